The summed E-state index contributed by atoms with van der Waals surface area (Å²) in [7, 11) is 0. The van der Waals surface area contributed by atoms with Gasteiger partial charge >= 0.3 is 0 Å². The van der Waals surface area contributed by atoms with Crippen molar-refractivity contribution >= 4 is 32.6 Å². The van der Waals surface area contributed by atoms with Crippen molar-refractivity contribution in [3.8, 4) is 0 Å². The molecule has 4 rings (SSSR count). The predicted molar refractivity (Wildman–Crippen MR) is 130 cm³/mol. The average molecular weight is 456 g/mol. The number of hydrogen-bond acceptors (Lipinski definition) is 6. The molecule has 0 saturated carbocycles. The van der Waals surface area contributed by atoms with Crippen LogP contribution < -0.4 is 4.90 Å². The molecule has 1 amide bonds. The minimum atomic E-state index is -0.0327. The van der Waals surface area contributed by atoms with Gasteiger partial charge in [0.2, 0.25) is 0 Å². The summed E-state index contributed by atoms with van der Waals surface area (Å²) < 4.78 is 8.40. The number of hydrogen-bond donors (Lipinski definition) is 0. The van der Waals surface area contributed by atoms with Crippen LogP contribution in [-0.2, 0) is 4.74 Å². The maximum atomic E-state index is 13.8. The Balaban J connectivity index is 1.65. The summed E-state index contributed by atoms with van der Waals surface area (Å²) in [5, 5.41) is 5.32. The molecule has 3 heterocycles. The molecule has 1 fully saturated rings. The van der Waals surface area contributed by atoms with E-state index in [1.165, 1.54) is 11.1 Å². The quantitative estimate of drug-likeness (QED) is 0.529. The lowest BCUT2D eigenvalue weighted by molar-refractivity contribution is 0.0376. The van der Waals surface area contributed by atoms with Crippen molar-refractivity contribution in [2.75, 3.05) is 44.3 Å². The number of nitrogens with zero attached hydrogens (tertiary/aromatic N) is 5. The molecule has 0 aliphatic carbocycles. The molecule has 2 aromatic heterocycles. The summed E-state index contributed by atoms with van der Waals surface area (Å²) in [6.45, 7) is 15.3. The number of amides is 1. The molecule has 172 valence electrons. The molecular formula is C24H33N5O2S. The van der Waals surface area contributed by atoms with Crippen LogP contribution in [0.3, 0.4) is 0 Å². The Morgan fingerprint density at radius 1 is 1.22 bits per heavy atom. The normalized spacial score (nSPS) is 15.1. The highest BCUT2D eigenvalue weighted by molar-refractivity contribution is 7.22. The van der Waals surface area contributed by atoms with Gasteiger partial charge in [0.1, 0.15) is 5.69 Å². The van der Waals surface area contributed by atoms with E-state index in [1.807, 2.05) is 22.6 Å². The monoisotopic (exact) mass is 455 g/mol. The number of carbonyl (C=O) groups excluding carboxylic acids is 1. The van der Waals surface area contributed by atoms with Crippen LogP contribution in [0.1, 0.15) is 53.6 Å². The number of morpholine rings is 1. The van der Waals surface area contributed by atoms with Gasteiger partial charge in [0.15, 0.2) is 5.13 Å². The number of aromatic nitrogens is 3. The molecule has 0 N–H and O–H groups in total. The minimum Gasteiger partial charge on any atom is -0.379 e. The maximum absolute atomic E-state index is 13.8. The first-order valence-electron chi connectivity index (χ1n) is 11.4. The van der Waals surface area contributed by atoms with Gasteiger partial charge in [-0.25, -0.2) is 4.98 Å². The lowest BCUT2D eigenvalue weighted by atomic mass is 10.1. The van der Waals surface area contributed by atoms with Crippen molar-refractivity contribution in [1.82, 2.24) is 19.7 Å². The molecule has 1 saturated heterocycles. The van der Waals surface area contributed by atoms with Crippen LogP contribution in [0, 0.1) is 20.8 Å². The molecule has 1 aromatic carbocycles. The Kier molecular flexibility index (Phi) is 6.93. The van der Waals surface area contributed by atoms with E-state index in [1.54, 1.807) is 11.3 Å². The van der Waals surface area contributed by atoms with E-state index in [0.717, 1.165) is 60.3 Å². The third kappa shape index (κ3) is 4.72. The van der Waals surface area contributed by atoms with Gasteiger partial charge in [-0.2, -0.15) is 5.10 Å². The number of rotatable bonds is 7. The van der Waals surface area contributed by atoms with Crippen molar-refractivity contribution in [3.05, 3.63) is 40.7 Å². The number of anilines is 1. The Bertz CT molecular complexity index is 1100. The molecule has 0 atom stereocenters. The van der Waals surface area contributed by atoms with Crippen LogP contribution in [0.2, 0.25) is 0 Å². The lowest BCUT2D eigenvalue weighted by Crippen LogP contribution is -2.39. The first-order valence-corrected chi connectivity index (χ1v) is 12.2. The van der Waals surface area contributed by atoms with Crippen LogP contribution in [-0.4, -0.2) is 65.0 Å². The van der Waals surface area contributed by atoms with Gasteiger partial charge in [-0.15, -0.1) is 0 Å². The maximum Gasteiger partial charge on any atom is 0.278 e. The third-order valence-corrected chi connectivity index (χ3v) is 7.12. The molecule has 1 aliphatic rings. The summed E-state index contributed by atoms with van der Waals surface area (Å²) in [4.78, 5) is 23.0. The van der Waals surface area contributed by atoms with E-state index in [0.29, 0.717) is 12.2 Å². The second kappa shape index (κ2) is 9.68. The molecule has 0 unspecified atom stereocenters. The number of carbonyl (C=O) groups is 1. The molecule has 0 radical (unpaired) electrons. The van der Waals surface area contributed by atoms with Crippen LogP contribution >= 0.6 is 11.3 Å². The average Bonchev–Trinajstić information content (AvgIpc) is 3.38. The van der Waals surface area contributed by atoms with Crippen LogP contribution in [0.5, 0.6) is 0 Å². The Hall–Kier alpha value is -2.29. The first kappa shape index (κ1) is 22.9. The second-order valence-electron chi connectivity index (χ2n) is 8.82. The smallest absolute Gasteiger partial charge is 0.278 e. The number of thiazole rings is 1. The summed E-state index contributed by atoms with van der Waals surface area (Å²) >= 11 is 1.59. The van der Waals surface area contributed by atoms with Gasteiger partial charge in [0.25, 0.3) is 5.91 Å². The van der Waals surface area contributed by atoms with E-state index in [4.69, 9.17) is 9.72 Å². The topological polar surface area (TPSA) is 63.5 Å². The summed E-state index contributed by atoms with van der Waals surface area (Å²) in [5.41, 5.74) is 4.86. The Morgan fingerprint density at radius 3 is 2.69 bits per heavy atom. The summed E-state index contributed by atoms with van der Waals surface area (Å²) in [6, 6.07) is 6.23. The molecule has 1 aliphatic heterocycles. The minimum absolute atomic E-state index is 0.0327. The third-order valence-electron chi connectivity index (χ3n) is 6.08. The molecule has 8 heteroatoms. The summed E-state index contributed by atoms with van der Waals surface area (Å²) in [6.07, 6.45) is 0.883. The molecule has 7 nitrogen and oxygen atoms in total. The van der Waals surface area contributed by atoms with E-state index < -0.39 is 0 Å². The largest absolute Gasteiger partial charge is 0.379 e. The lowest BCUT2D eigenvalue weighted by Gasteiger charge is -2.28. The fourth-order valence-corrected chi connectivity index (χ4v) is 5.15. The SMILES string of the molecule is Cc1cc(C(=O)N(CCCN2CCOCC2)c2nc3c(C)c(C)ccc3s2)n(C(C)C)n1. The number of aryl methyl sites for hydroxylation is 3. The van der Waals surface area contributed by atoms with Crippen LogP contribution in [0.15, 0.2) is 18.2 Å². The second-order valence-corrected chi connectivity index (χ2v) is 9.83. The highest BCUT2D eigenvalue weighted by Crippen LogP contribution is 2.33. The highest BCUT2D eigenvalue weighted by atomic mass is 32.1. The standard InChI is InChI=1S/C24H33N5O2S/c1-16(2)29-20(15-18(4)26-29)23(30)28(10-6-9-27-11-13-31-14-12-27)24-25-22-19(5)17(3)7-8-21(22)32-24/h7-8,15-16H,6,9-14H2,1-5H3. The van der Waals surface area contributed by atoms with Gasteiger partial charge in [-0.3, -0.25) is 19.3 Å². The summed E-state index contributed by atoms with van der Waals surface area (Å²) in [5.74, 6) is -0.0327. The van der Waals surface area contributed by atoms with Crippen molar-refractivity contribution in [2.45, 2.75) is 47.1 Å². The Morgan fingerprint density at radius 2 is 1.97 bits per heavy atom. The van der Waals surface area contributed by atoms with Gasteiger partial charge in [-0.05, 0) is 64.3 Å². The molecule has 0 spiro atoms. The van der Waals surface area contributed by atoms with E-state index in [-0.39, 0.29) is 11.9 Å². The van der Waals surface area contributed by atoms with Gasteiger partial charge < -0.3 is 4.74 Å². The number of benzene rings is 1. The predicted octanol–water partition coefficient (Wildman–Crippen LogP) is 4.37. The van der Waals surface area contributed by atoms with Gasteiger partial charge in [-0.1, -0.05) is 17.4 Å². The molecular weight excluding hydrogens is 422 g/mol. The van der Waals surface area contributed by atoms with Crippen molar-refractivity contribution in [3.63, 3.8) is 0 Å². The van der Waals surface area contributed by atoms with E-state index in [2.05, 4.69) is 49.8 Å². The molecule has 3 aromatic rings. The molecule has 0 bridgehead atoms. The zero-order valence-corrected chi connectivity index (χ0v) is 20.5. The van der Waals surface area contributed by atoms with Gasteiger partial charge in [0.05, 0.1) is 29.1 Å². The number of ether oxygens (including phenoxy) is 1. The van der Waals surface area contributed by atoms with E-state index in [9.17, 15) is 4.79 Å². The van der Waals surface area contributed by atoms with Crippen molar-refractivity contribution < 1.29 is 9.53 Å². The zero-order valence-electron chi connectivity index (χ0n) is 19.7. The van der Waals surface area contributed by atoms with Crippen molar-refractivity contribution in [1.29, 1.82) is 0 Å². The van der Waals surface area contributed by atoms with Crippen molar-refractivity contribution in [2.24, 2.45) is 0 Å². The Labute approximate surface area is 194 Å². The highest BCUT2D eigenvalue weighted by Gasteiger charge is 2.26. The fourth-order valence-electron chi connectivity index (χ4n) is 4.10. The van der Waals surface area contributed by atoms with Crippen LogP contribution in [0.4, 0.5) is 5.13 Å². The fraction of sp³-hybridized carbons (Fsp3) is 0.542. The zero-order chi connectivity index (χ0) is 22.8. The van der Waals surface area contributed by atoms with E-state index >= 15 is 0 Å². The number of fused-ring (bicyclic) bond motifs is 1. The van der Waals surface area contributed by atoms with Crippen LogP contribution in [0.25, 0.3) is 10.2 Å². The molecule has 32 heavy (non-hydrogen) atoms. The van der Waals surface area contributed by atoms with Gasteiger partial charge in [0, 0.05) is 32.2 Å². The first-order chi connectivity index (χ1) is 15.3.